The number of carboxylic acids is 1. The topological polar surface area (TPSA) is 86.7 Å². The molecule has 1 saturated heterocycles. The molecule has 2 rings (SSSR count). The highest BCUT2D eigenvalue weighted by molar-refractivity contribution is 7.99. The molecule has 6 nitrogen and oxygen atoms in total. The van der Waals surface area contributed by atoms with E-state index in [1.165, 1.54) is 16.7 Å². The summed E-state index contributed by atoms with van der Waals surface area (Å²) in [5.74, 6) is -1.86. The Bertz CT molecular complexity index is 656. The van der Waals surface area contributed by atoms with Gasteiger partial charge in [0.1, 0.15) is 5.92 Å². The quantitative estimate of drug-likeness (QED) is 0.550. The Kier molecular flexibility index (Phi) is 6.77. The van der Waals surface area contributed by atoms with E-state index in [1.807, 2.05) is 0 Å². The second-order valence-electron chi connectivity index (χ2n) is 5.16. The third-order valence-corrected chi connectivity index (χ3v) is 4.99. The van der Waals surface area contributed by atoms with Gasteiger partial charge in [0.25, 0.3) is 0 Å². The number of nitrogens with zero attached hydrogens (tertiary/aromatic N) is 1. The molecule has 2 amide bonds. The first-order valence-electron chi connectivity index (χ1n) is 7.24. The van der Waals surface area contributed by atoms with Gasteiger partial charge in [-0.05, 0) is 24.6 Å². The highest BCUT2D eigenvalue weighted by Crippen LogP contribution is 2.33. The number of carboxylic acid groups (broad SMARTS) is 1. The minimum Gasteiger partial charge on any atom is -0.481 e. The maximum atomic E-state index is 12.5. The Labute approximate surface area is 153 Å². The van der Waals surface area contributed by atoms with Gasteiger partial charge in [-0.1, -0.05) is 23.2 Å². The van der Waals surface area contributed by atoms with Crippen molar-refractivity contribution in [2.75, 3.05) is 29.5 Å². The molecule has 2 N–H and O–H groups in total. The number of carbonyl (C=O) groups excluding carboxylic acids is 2. The second-order valence-corrected chi connectivity index (χ2v) is 7.11. The molecule has 0 spiro atoms. The number of aliphatic carboxylic acids is 1. The molecule has 1 fully saturated rings. The maximum Gasteiger partial charge on any atom is 0.313 e. The minimum absolute atomic E-state index is 0.0146. The molecule has 0 aliphatic carbocycles. The van der Waals surface area contributed by atoms with E-state index in [0.717, 1.165) is 0 Å². The molecule has 1 heterocycles. The SMILES string of the molecule is O=C(O)CSCCNC(=O)C1CCN(c2cc(Cl)ccc2Cl)C1=O. The predicted octanol–water partition coefficient (Wildman–Crippen LogP) is 2.28. The van der Waals surface area contributed by atoms with Crippen LogP contribution in [0.5, 0.6) is 0 Å². The first-order chi connectivity index (χ1) is 11.4. The summed E-state index contributed by atoms with van der Waals surface area (Å²) in [6.45, 7) is 0.712. The third-order valence-electron chi connectivity index (χ3n) is 3.49. The Balaban J connectivity index is 1.90. The molecule has 130 valence electrons. The van der Waals surface area contributed by atoms with Gasteiger partial charge in [-0.25, -0.2) is 0 Å². The Morgan fingerprint density at radius 1 is 1.38 bits per heavy atom. The van der Waals surface area contributed by atoms with Crippen molar-refractivity contribution < 1.29 is 19.5 Å². The van der Waals surface area contributed by atoms with Gasteiger partial charge in [-0.3, -0.25) is 14.4 Å². The van der Waals surface area contributed by atoms with Gasteiger partial charge in [0.05, 0.1) is 16.5 Å². The molecule has 0 bridgehead atoms. The van der Waals surface area contributed by atoms with Gasteiger partial charge in [-0.2, -0.15) is 0 Å². The zero-order valence-electron chi connectivity index (χ0n) is 12.6. The van der Waals surface area contributed by atoms with Crippen molar-refractivity contribution in [3.05, 3.63) is 28.2 Å². The van der Waals surface area contributed by atoms with Crippen molar-refractivity contribution in [1.82, 2.24) is 5.32 Å². The van der Waals surface area contributed by atoms with Crippen LogP contribution in [0.2, 0.25) is 10.0 Å². The molecule has 1 aliphatic heterocycles. The highest BCUT2D eigenvalue weighted by atomic mass is 35.5. The fourth-order valence-electron chi connectivity index (χ4n) is 2.38. The zero-order chi connectivity index (χ0) is 17.7. The van der Waals surface area contributed by atoms with Crippen molar-refractivity contribution in [2.24, 2.45) is 5.92 Å². The monoisotopic (exact) mass is 390 g/mol. The van der Waals surface area contributed by atoms with Gasteiger partial charge in [0, 0.05) is 23.9 Å². The summed E-state index contributed by atoms with van der Waals surface area (Å²) in [6, 6.07) is 4.84. The number of thioether (sulfide) groups is 1. The van der Waals surface area contributed by atoms with E-state index in [2.05, 4.69) is 5.32 Å². The number of halogens is 2. The number of amides is 2. The molecular weight excluding hydrogens is 375 g/mol. The van der Waals surface area contributed by atoms with Crippen LogP contribution in [-0.2, 0) is 14.4 Å². The molecule has 9 heteroatoms. The Morgan fingerprint density at radius 3 is 2.83 bits per heavy atom. The van der Waals surface area contributed by atoms with Crippen LogP contribution in [0.25, 0.3) is 0 Å². The lowest BCUT2D eigenvalue weighted by molar-refractivity contribution is -0.134. The lowest BCUT2D eigenvalue weighted by Crippen LogP contribution is -2.37. The van der Waals surface area contributed by atoms with Crippen molar-refractivity contribution in [3.63, 3.8) is 0 Å². The minimum atomic E-state index is -0.897. The third kappa shape index (κ3) is 4.78. The summed E-state index contributed by atoms with van der Waals surface area (Å²) in [5.41, 5.74) is 0.501. The van der Waals surface area contributed by atoms with Crippen LogP contribution in [0.4, 0.5) is 5.69 Å². The summed E-state index contributed by atoms with van der Waals surface area (Å²) in [4.78, 5) is 36.5. The second kappa shape index (κ2) is 8.60. The number of hydrogen-bond acceptors (Lipinski definition) is 4. The van der Waals surface area contributed by atoms with E-state index in [1.54, 1.807) is 18.2 Å². The van der Waals surface area contributed by atoms with E-state index in [0.29, 0.717) is 41.0 Å². The molecule has 1 aromatic carbocycles. The molecule has 1 aromatic rings. The zero-order valence-corrected chi connectivity index (χ0v) is 15.0. The molecular formula is C15H16Cl2N2O4S. The van der Waals surface area contributed by atoms with Crippen LogP contribution in [0, 0.1) is 5.92 Å². The highest BCUT2D eigenvalue weighted by Gasteiger charge is 2.38. The maximum absolute atomic E-state index is 12.5. The van der Waals surface area contributed by atoms with Gasteiger partial charge in [0.15, 0.2) is 0 Å². The van der Waals surface area contributed by atoms with Crippen LogP contribution in [-0.4, -0.2) is 47.5 Å². The average molecular weight is 391 g/mol. The van der Waals surface area contributed by atoms with Gasteiger partial charge >= 0.3 is 5.97 Å². The first kappa shape index (κ1) is 18.9. The van der Waals surface area contributed by atoms with Crippen LogP contribution in [0.1, 0.15) is 6.42 Å². The van der Waals surface area contributed by atoms with E-state index in [-0.39, 0.29) is 17.6 Å². The number of rotatable bonds is 7. The van der Waals surface area contributed by atoms with Crippen LogP contribution in [0.3, 0.4) is 0 Å². The van der Waals surface area contributed by atoms with Gasteiger partial charge in [0.2, 0.25) is 11.8 Å². The van der Waals surface area contributed by atoms with E-state index in [9.17, 15) is 14.4 Å². The lowest BCUT2D eigenvalue weighted by atomic mass is 10.1. The first-order valence-corrected chi connectivity index (χ1v) is 9.15. The molecule has 0 saturated carbocycles. The number of carbonyl (C=O) groups is 3. The van der Waals surface area contributed by atoms with E-state index < -0.39 is 11.9 Å². The molecule has 1 unspecified atom stereocenters. The van der Waals surface area contributed by atoms with Gasteiger partial charge in [-0.15, -0.1) is 11.8 Å². The predicted molar refractivity (Wildman–Crippen MR) is 94.9 cm³/mol. The summed E-state index contributed by atoms with van der Waals surface area (Å²) >= 11 is 13.3. The van der Waals surface area contributed by atoms with Crippen molar-refractivity contribution in [2.45, 2.75) is 6.42 Å². The smallest absolute Gasteiger partial charge is 0.313 e. The largest absolute Gasteiger partial charge is 0.481 e. The molecule has 0 aromatic heterocycles. The number of anilines is 1. The Morgan fingerprint density at radius 2 is 2.12 bits per heavy atom. The fourth-order valence-corrected chi connectivity index (χ4v) is 3.34. The van der Waals surface area contributed by atoms with Crippen molar-refractivity contribution in [3.8, 4) is 0 Å². The molecule has 1 aliphatic rings. The summed E-state index contributed by atoms with van der Waals surface area (Å²) in [5, 5.41) is 12.1. The van der Waals surface area contributed by atoms with Crippen molar-refractivity contribution >= 4 is 58.4 Å². The fraction of sp³-hybridized carbons (Fsp3) is 0.400. The summed E-state index contributed by atoms with van der Waals surface area (Å²) < 4.78 is 0. The molecule has 24 heavy (non-hydrogen) atoms. The summed E-state index contributed by atoms with van der Waals surface area (Å²) in [6.07, 6.45) is 0.399. The number of nitrogens with one attached hydrogen (secondary N) is 1. The standard InChI is InChI=1S/C15H16Cl2N2O4S/c16-9-1-2-11(17)12(7-9)19-5-3-10(15(19)23)14(22)18-4-6-24-8-13(20)21/h1-2,7,10H,3-6,8H2,(H,18,22)(H,20,21). The van der Waals surface area contributed by atoms with Crippen LogP contribution in [0.15, 0.2) is 18.2 Å². The summed E-state index contributed by atoms with van der Waals surface area (Å²) in [7, 11) is 0. The van der Waals surface area contributed by atoms with Crippen LogP contribution >= 0.6 is 35.0 Å². The van der Waals surface area contributed by atoms with E-state index >= 15 is 0 Å². The van der Waals surface area contributed by atoms with Crippen LogP contribution < -0.4 is 10.2 Å². The number of hydrogen-bond donors (Lipinski definition) is 2. The normalized spacial score (nSPS) is 17.2. The molecule has 0 radical (unpaired) electrons. The Hall–Kier alpha value is -1.44. The lowest BCUT2D eigenvalue weighted by Gasteiger charge is -2.18. The molecule has 1 atom stereocenters. The number of benzene rings is 1. The van der Waals surface area contributed by atoms with E-state index in [4.69, 9.17) is 28.3 Å². The van der Waals surface area contributed by atoms with Crippen molar-refractivity contribution in [1.29, 1.82) is 0 Å². The average Bonchev–Trinajstić information content (AvgIpc) is 2.90. The van der Waals surface area contributed by atoms with Gasteiger partial charge < -0.3 is 15.3 Å².